The van der Waals surface area contributed by atoms with Crippen molar-refractivity contribution >= 4 is 17.3 Å². The average molecular weight is 180 g/mol. The van der Waals surface area contributed by atoms with E-state index >= 15 is 0 Å². The van der Waals surface area contributed by atoms with Crippen molar-refractivity contribution in [3.8, 4) is 0 Å². The summed E-state index contributed by atoms with van der Waals surface area (Å²) in [6, 6.07) is 7.55. The number of anilines is 2. The minimum Gasteiger partial charge on any atom is -0.388 e. The Morgan fingerprint density at radius 3 is 2.46 bits per heavy atom. The summed E-state index contributed by atoms with van der Waals surface area (Å²) in [4.78, 5) is 10.7. The molecule has 3 nitrogen and oxygen atoms in total. The molecule has 0 aliphatic heterocycles. The summed E-state index contributed by atoms with van der Waals surface area (Å²) in [5.74, 6) is -0.0525. The Balaban J connectivity index is 0.00000144. The molecule has 0 bridgehead atoms. The fourth-order valence-electron chi connectivity index (χ4n) is 0.956. The molecule has 0 aliphatic rings. The van der Waals surface area contributed by atoms with Gasteiger partial charge in [0.1, 0.15) is 0 Å². The van der Waals surface area contributed by atoms with Crippen LogP contribution in [0.3, 0.4) is 0 Å². The first kappa shape index (κ1) is 11.5. The van der Waals surface area contributed by atoms with Gasteiger partial charge in [-0.15, -0.1) is 0 Å². The second kappa shape index (κ2) is 5.19. The van der Waals surface area contributed by atoms with E-state index in [-0.39, 0.29) is 13.3 Å². The maximum Gasteiger partial charge on any atom is 0.221 e. The van der Waals surface area contributed by atoms with Crippen LogP contribution in [0, 0.1) is 0 Å². The van der Waals surface area contributed by atoms with Gasteiger partial charge in [0.15, 0.2) is 0 Å². The molecule has 0 atom stereocenters. The smallest absolute Gasteiger partial charge is 0.221 e. The van der Waals surface area contributed by atoms with Crippen LogP contribution in [0.5, 0.6) is 0 Å². The fraction of sp³-hybridized carbons (Fsp3) is 0.300. The summed E-state index contributed by atoms with van der Waals surface area (Å²) in [6.07, 6.45) is 0. The van der Waals surface area contributed by atoms with E-state index in [9.17, 15) is 4.79 Å². The molecule has 0 heterocycles. The van der Waals surface area contributed by atoms with Crippen LogP contribution in [-0.4, -0.2) is 13.0 Å². The topological polar surface area (TPSA) is 41.1 Å². The number of benzene rings is 1. The maximum absolute atomic E-state index is 10.7. The van der Waals surface area contributed by atoms with Crippen LogP contribution in [0.15, 0.2) is 24.3 Å². The number of carbonyl (C=O) groups is 1. The van der Waals surface area contributed by atoms with Crippen LogP contribution in [0.1, 0.15) is 14.4 Å². The van der Waals surface area contributed by atoms with E-state index in [1.165, 1.54) is 6.92 Å². The molecule has 1 amide bonds. The van der Waals surface area contributed by atoms with E-state index in [0.717, 1.165) is 11.4 Å². The van der Waals surface area contributed by atoms with Gasteiger partial charge in [0.05, 0.1) is 0 Å². The third-order valence-corrected chi connectivity index (χ3v) is 1.47. The standard InChI is InChI=1S/C9H12N2O.CH4/c1-7(12)11-9-5-3-4-8(6-9)10-2;/h3-6,10H,1-2H3,(H,11,12);1H4. The van der Waals surface area contributed by atoms with Crippen molar-refractivity contribution in [3.63, 3.8) is 0 Å². The van der Waals surface area contributed by atoms with Crippen molar-refractivity contribution < 1.29 is 4.79 Å². The van der Waals surface area contributed by atoms with Crippen LogP contribution < -0.4 is 10.6 Å². The molecule has 0 saturated heterocycles. The molecular weight excluding hydrogens is 164 g/mol. The largest absolute Gasteiger partial charge is 0.388 e. The van der Waals surface area contributed by atoms with Gasteiger partial charge in [0.25, 0.3) is 0 Å². The molecule has 3 heteroatoms. The summed E-state index contributed by atoms with van der Waals surface area (Å²) in [5, 5.41) is 5.69. The van der Waals surface area contributed by atoms with Crippen molar-refractivity contribution in [1.29, 1.82) is 0 Å². The SMILES string of the molecule is C.CNc1cccc(NC(C)=O)c1. The van der Waals surface area contributed by atoms with Crippen LogP contribution in [0.4, 0.5) is 11.4 Å². The zero-order valence-electron chi connectivity index (χ0n) is 7.22. The van der Waals surface area contributed by atoms with Gasteiger partial charge in [0, 0.05) is 25.3 Å². The average Bonchev–Trinajstić information content (AvgIpc) is 2.03. The quantitative estimate of drug-likeness (QED) is 0.733. The second-order valence-corrected chi connectivity index (χ2v) is 2.51. The Labute approximate surface area is 79.2 Å². The van der Waals surface area contributed by atoms with Gasteiger partial charge in [-0.3, -0.25) is 4.79 Å². The van der Waals surface area contributed by atoms with E-state index in [2.05, 4.69) is 10.6 Å². The van der Waals surface area contributed by atoms with E-state index in [0.29, 0.717) is 0 Å². The number of amides is 1. The summed E-state index contributed by atoms with van der Waals surface area (Å²) in [6.45, 7) is 1.49. The predicted octanol–water partition coefficient (Wildman–Crippen LogP) is 2.32. The zero-order chi connectivity index (χ0) is 8.97. The van der Waals surface area contributed by atoms with Crippen LogP contribution in [0.25, 0.3) is 0 Å². The highest BCUT2D eigenvalue weighted by Crippen LogP contribution is 2.13. The van der Waals surface area contributed by atoms with Crippen molar-refractivity contribution in [2.45, 2.75) is 14.4 Å². The molecule has 0 unspecified atom stereocenters. The predicted molar refractivity (Wildman–Crippen MR) is 57.0 cm³/mol. The van der Waals surface area contributed by atoms with E-state index in [1.807, 2.05) is 31.3 Å². The van der Waals surface area contributed by atoms with Gasteiger partial charge in [-0.2, -0.15) is 0 Å². The molecular formula is C10H16N2O. The van der Waals surface area contributed by atoms with E-state index < -0.39 is 0 Å². The lowest BCUT2D eigenvalue weighted by Crippen LogP contribution is -2.05. The van der Waals surface area contributed by atoms with E-state index in [1.54, 1.807) is 0 Å². The Hall–Kier alpha value is -1.51. The Kier molecular flexibility index (Phi) is 4.59. The van der Waals surface area contributed by atoms with Crippen LogP contribution >= 0.6 is 0 Å². The van der Waals surface area contributed by atoms with E-state index in [4.69, 9.17) is 0 Å². The van der Waals surface area contributed by atoms with Crippen LogP contribution in [0.2, 0.25) is 0 Å². The first-order valence-corrected chi connectivity index (χ1v) is 3.78. The molecule has 2 N–H and O–H groups in total. The summed E-state index contributed by atoms with van der Waals surface area (Å²) < 4.78 is 0. The van der Waals surface area contributed by atoms with Gasteiger partial charge in [-0.1, -0.05) is 13.5 Å². The third-order valence-electron chi connectivity index (χ3n) is 1.47. The molecule has 0 aliphatic carbocycles. The minimum absolute atomic E-state index is 0. The molecule has 0 fully saturated rings. The lowest BCUT2D eigenvalue weighted by Gasteiger charge is -2.04. The third kappa shape index (κ3) is 3.60. The number of hydrogen-bond donors (Lipinski definition) is 2. The molecule has 0 spiro atoms. The monoisotopic (exact) mass is 180 g/mol. The molecule has 0 aromatic heterocycles. The van der Waals surface area contributed by atoms with Gasteiger partial charge >= 0.3 is 0 Å². The number of carbonyl (C=O) groups excluding carboxylic acids is 1. The first-order chi connectivity index (χ1) is 5.72. The lowest BCUT2D eigenvalue weighted by atomic mass is 10.3. The summed E-state index contributed by atoms with van der Waals surface area (Å²) in [7, 11) is 1.84. The minimum atomic E-state index is -0.0525. The molecule has 13 heavy (non-hydrogen) atoms. The van der Waals surface area contributed by atoms with Gasteiger partial charge in [0.2, 0.25) is 5.91 Å². The molecule has 1 aromatic rings. The van der Waals surface area contributed by atoms with Crippen molar-refractivity contribution in [2.75, 3.05) is 17.7 Å². The van der Waals surface area contributed by atoms with Gasteiger partial charge in [-0.05, 0) is 18.2 Å². The highest BCUT2D eigenvalue weighted by molar-refractivity contribution is 5.89. The Morgan fingerprint density at radius 2 is 1.92 bits per heavy atom. The Bertz CT molecular complexity index is 284. The molecule has 0 saturated carbocycles. The zero-order valence-corrected chi connectivity index (χ0v) is 7.22. The second-order valence-electron chi connectivity index (χ2n) is 2.51. The highest BCUT2D eigenvalue weighted by Gasteiger charge is 1.94. The molecule has 1 aromatic carbocycles. The normalized spacial score (nSPS) is 8.46. The number of rotatable bonds is 2. The molecule has 72 valence electrons. The van der Waals surface area contributed by atoms with Crippen LogP contribution in [-0.2, 0) is 4.79 Å². The summed E-state index contributed by atoms with van der Waals surface area (Å²) >= 11 is 0. The number of nitrogens with one attached hydrogen (secondary N) is 2. The van der Waals surface area contributed by atoms with Crippen molar-refractivity contribution in [2.24, 2.45) is 0 Å². The van der Waals surface area contributed by atoms with Crippen molar-refractivity contribution in [1.82, 2.24) is 0 Å². The molecule has 1 rings (SSSR count). The Morgan fingerprint density at radius 1 is 1.31 bits per heavy atom. The first-order valence-electron chi connectivity index (χ1n) is 3.78. The summed E-state index contributed by atoms with van der Waals surface area (Å²) in [5.41, 5.74) is 1.80. The maximum atomic E-state index is 10.7. The van der Waals surface area contributed by atoms with Gasteiger partial charge in [-0.25, -0.2) is 0 Å². The highest BCUT2D eigenvalue weighted by atomic mass is 16.1. The lowest BCUT2D eigenvalue weighted by molar-refractivity contribution is -0.114. The van der Waals surface area contributed by atoms with Gasteiger partial charge < -0.3 is 10.6 Å². The number of hydrogen-bond acceptors (Lipinski definition) is 2. The van der Waals surface area contributed by atoms with Crippen molar-refractivity contribution in [3.05, 3.63) is 24.3 Å². The fourth-order valence-corrected chi connectivity index (χ4v) is 0.956. The molecule has 0 radical (unpaired) electrons.